The molecule has 0 bridgehead atoms. The van der Waals surface area contributed by atoms with E-state index in [9.17, 15) is 9.59 Å². The summed E-state index contributed by atoms with van der Waals surface area (Å²) in [5.74, 6) is 0.192. The molecule has 2 rings (SSSR count). The van der Waals surface area contributed by atoms with Crippen molar-refractivity contribution in [1.29, 1.82) is 0 Å². The summed E-state index contributed by atoms with van der Waals surface area (Å²) < 4.78 is 15.9. The van der Waals surface area contributed by atoms with Crippen LogP contribution >= 0.6 is 11.6 Å². The van der Waals surface area contributed by atoms with Gasteiger partial charge in [-0.05, 0) is 43.2 Å². The van der Waals surface area contributed by atoms with Crippen molar-refractivity contribution < 1.29 is 23.8 Å². The molecule has 0 spiro atoms. The van der Waals surface area contributed by atoms with Gasteiger partial charge in [0.05, 0.1) is 30.9 Å². The lowest BCUT2D eigenvalue weighted by Gasteiger charge is -2.15. The first-order valence-corrected chi connectivity index (χ1v) is 9.42. The van der Waals surface area contributed by atoms with Crippen LogP contribution < -0.4 is 14.8 Å². The maximum Gasteiger partial charge on any atom is 0.337 e. The standard InChI is InChI=1S/C21H24ClNO5/c1-4-10-28-19-17(22)11-16(12-18(19)27-5-2)20(24)23-13-14-6-8-15(9-7-14)21(25)26-3/h6-9,11-12H,4-5,10,13H2,1-3H3,(H,23,24). The van der Waals surface area contributed by atoms with Gasteiger partial charge in [0.1, 0.15) is 0 Å². The summed E-state index contributed by atoms with van der Waals surface area (Å²) in [4.78, 5) is 24.0. The fourth-order valence-electron chi connectivity index (χ4n) is 2.47. The first-order chi connectivity index (χ1) is 13.5. The third-order valence-electron chi connectivity index (χ3n) is 3.85. The van der Waals surface area contributed by atoms with Crippen LogP contribution in [0.3, 0.4) is 0 Å². The Morgan fingerprint density at radius 2 is 1.75 bits per heavy atom. The number of hydrogen-bond acceptors (Lipinski definition) is 5. The first-order valence-electron chi connectivity index (χ1n) is 9.04. The minimum atomic E-state index is -0.404. The zero-order valence-corrected chi connectivity index (χ0v) is 17.0. The van der Waals surface area contributed by atoms with Gasteiger partial charge in [-0.2, -0.15) is 0 Å². The van der Waals surface area contributed by atoms with E-state index in [0.717, 1.165) is 12.0 Å². The third kappa shape index (κ3) is 5.63. The molecule has 0 aliphatic heterocycles. The van der Waals surface area contributed by atoms with Gasteiger partial charge in [0.25, 0.3) is 5.91 Å². The number of amides is 1. The highest BCUT2D eigenvalue weighted by atomic mass is 35.5. The topological polar surface area (TPSA) is 73.9 Å². The smallest absolute Gasteiger partial charge is 0.337 e. The average Bonchev–Trinajstić information content (AvgIpc) is 2.71. The van der Waals surface area contributed by atoms with Crippen LogP contribution in [-0.2, 0) is 11.3 Å². The Labute approximate surface area is 169 Å². The fourth-order valence-corrected chi connectivity index (χ4v) is 2.73. The van der Waals surface area contributed by atoms with Gasteiger partial charge in [-0.3, -0.25) is 4.79 Å². The number of halogens is 1. The highest BCUT2D eigenvalue weighted by Crippen LogP contribution is 2.36. The normalized spacial score (nSPS) is 10.3. The summed E-state index contributed by atoms with van der Waals surface area (Å²) in [5.41, 5.74) is 1.68. The Morgan fingerprint density at radius 3 is 2.36 bits per heavy atom. The molecule has 28 heavy (non-hydrogen) atoms. The minimum Gasteiger partial charge on any atom is -0.490 e. The van der Waals surface area contributed by atoms with Crippen molar-refractivity contribution >= 4 is 23.5 Å². The van der Waals surface area contributed by atoms with Gasteiger partial charge in [-0.15, -0.1) is 0 Å². The van der Waals surface area contributed by atoms with Gasteiger partial charge in [0.15, 0.2) is 11.5 Å². The second-order valence-electron chi connectivity index (χ2n) is 5.94. The molecule has 6 nitrogen and oxygen atoms in total. The molecule has 0 radical (unpaired) electrons. The van der Waals surface area contributed by atoms with Crippen LogP contribution in [0.2, 0.25) is 5.02 Å². The predicted molar refractivity (Wildman–Crippen MR) is 107 cm³/mol. The Balaban J connectivity index is 2.09. The average molecular weight is 406 g/mol. The van der Waals surface area contributed by atoms with Gasteiger partial charge in [0, 0.05) is 12.1 Å². The maximum absolute atomic E-state index is 12.5. The van der Waals surface area contributed by atoms with E-state index in [1.54, 1.807) is 36.4 Å². The van der Waals surface area contributed by atoms with Crippen LogP contribution in [0.5, 0.6) is 11.5 Å². The number of hydrogen-bond donors (Lipinski definition) is 1. The zero-order chi connectivity index (χ0) is 20.5. The number of carbonyl (C=O) groups excluding carboxylic acids is 2. The molecule has 2 aromatic carbocycles. The van der Waals surface area contributed by atoms with E-state index < -0.39 is 5.97 Å². The summed E-state index contributed by atoms with van der Waals surface area (Å²) >= 11 is 6.30. The molecule has 0 saturated heterocycles. The number of rotatable bonds is 9. The second kappa shape index (κ2) is 10.6. The van der Waals surface area contributed by atoms with Crippen molar-refractivity contribution in [2.45, 2.75) is 26.8 Å². The van der Waals surface area contributed by atoms with Crippen molar-refractivity contribution in [3.8, 4) is 11.5 Å². The van der Waals surface area contributed by atoms with E-state index in [-0.39, 0.29) is 5.91 Å². The fraction of sp³-hybridized carbons (Fsp3) is 0.333. The molecular formula is C21H24ClNO5. The highest BCUT2D eigenvalue weighted by molar-refractivity contribution is 6.32. The quantitative estimate of drug-likeness (QED) is 0.631. The van der Waals surface area contributed by atoms with E-state index >= 15 is 0 Å². The minimum absolute atomic E-state index is 0.290. The van der Waals surface area contributed by atoms with Gasteiger partial charge in [-0.1, -0.05) is 30.7 Å². The van der Waals surface area contributed by atoms with Crippen LogP contribution in [0, 0.1) is 0 Å². The molecule has 0 fully saturated rings. The Morgan fingerprint density at radius 1 is 1.04 bits per heavy atom. The Kier molecular flexibility index (Phi) is 8.14. The van der Waals surface area contributed by atoms with Crippen molar-refractivity contribution in [3.05, 3.63) is 58.1 Å². The summed E-state index contributed by atoms with van der Waals surface area (Å²) in [6.07, 6.45) is 0.832. The van der Waals surface area contributed by atoms with Gasteiger partial charge >= 0.3 is 5.97 Å². The lowest BCUT2D eigenvalue weighted by molar-refractivity contribution is 0.0600. The van der Waals surface area contributed by atoms with E-state index in [2.05, 4.69) is 10.1 Å². The van der Waals surface area contributed by atoms with Crippen LogP contribution in [0.4, 0.5) is 0 Å². The van der Waals surface area contributed by atoms with Gasteiger partial charge in [0.2, 0.25) is 0 Å². The Bertz CT molecular complexity index is 820. The molecule has 0 saturated carbocycles. The summed E-state index contributed by atoms with van der Waals surface area (Å²) in [7, 11) is 1.33. The molecule has 0 aliphatic carbocycles. The molecule has 2 aromatic rings. The summed E-state index contributed by atoms with van der Waals surface area (Å²) in [6, 6.07) is 9.99. The third-order valence-corrected chi connectivity index (χ3v) is 4.13. The lowest BCUT2D eigenvalue weighted by atomic mass is 10.1. The van der Waals surface area contributed by atoms with Crippen molar-refractivity contribution in [3.63, 3.8) is 0 Å². The van der Waals surface area contributed by atoms with E-state index in [1.807, 2.05) is 13.8 Å². The number of carbonyl (C=O) groups is 2. The van der Waals surface area contributed by atoms with E-state index in [1.165, 1.54) is 7.11 Å². The number of methoxy groups -OCH3 is 1. The summed E-state index contributed by atoms with van der Waals surface area (Å²) in [5, 5.41) is 3.15. The number of benzene rings is 2. The first kappa shape index (κ1) is 21.6. The summed E-state index contributed by atoms with van der Waals surface area (Å²) in [6.45, 7) is 5.08. The van der Waals surface area contributed by atoms with Crippen LogP contribution in [0.1, 0.15) is 46.5 Å². The maximum atomic E-state index is 12.5. The van der Waals surface area contributed by atoms with Gasteiger partial charge < -0.3 is 19.5 Å². The lowest BCUT2D eigenvalue weighted by Crippen LogP contribution is -2.23. The Hall–Kier alpha value is -2.73. The van der Waals surface area contributed by atoms with Crippen molar-refractivity contribution in [2.75, 3.05) is 20.3 Å². The molecule has 150 valence electrons. The predicted octanol–water partition coefficient (Wildman–Crippen LogP) is 4.24. The number of esters is 1. The number of nitrogens with one attached hydrogen (secondary N) is 1. The van der Waals surface area contributed by atoms with E-state index in [0.29, 0.717) is 47.4 Å². The highest BCUT2D eigenvalue weighted by Gasteiger charge is 2.16. The molecule has 0 heterocycles. The largest absolute Gasteiger partial charge is 0.490 e. The molecule has 7 heteroatoms. The van der Waals surface area contributed by atoms with Gasteiger partial charge in [-0.25, -0.2) is 4.79 Å². The zero-order valence-electron chi connectivity index (χ0n) is 16.2. The molecule has 0 aliphatic rings. The van der Waals surface area contributed by atoms with Crippen LogP contribution in [0.25, 0.3) is 0 Å². The molecule has 1 amide bonds. The molecule has 0 atom stereocenters. The molecule has 0 unspecified atom stereocenters. The monoisotopic (exact) mass is 405 g/mol. The second-order valence-corrected chi connectivity index (χ2v) is 6.35. The van der Waals surface area contributed by atoms with Crippen molar-refractivity contribution in [2.24, 2.45) is 0 Å². The van der Waals surface area contributed by atoms with E-state index in [4.69, 9.17) is 21.1 Å². The van der Waals surface area contributed by atoms with Crippen LogP contribution in [-0.4, -0.2) is 32.2 Å². The van der Waals surface area contributed by atoms with Crippen LogP contribution in [0.15, 0.2) is 36.4 Å². The molecule has 0 aromatic heterocycles. The van der Waals surface area contributed by atoms with Crippen molar-refractivity contribution in [1.82, 2.24) is 5.32 Å². The SMILES string of the molecule is CCCOc1c(Cl)cc(C(=O)NCc2ccc(C(=O)OC)cc2)cc1OCC. The molecular weight excluding hydrogens is 382 g/mol. The molecule has 1 N–H and O–H groups in total. The number of ether oxygens (including phenoxy) is 3.